The van der Waals surface area contributed by atoms with Gasteiger partial charge in [-0.15, -0.1) is 10.2 Å². The summed E-state index contributed by atoms with van der Waals surface area (Å²) in [6, 6.07) is 2.99. The fourth-order valence-electron chi connectivity index (χ4n) is 3.61. The second-order valence-corrected chi connectivity index (χ2v) is 7.98. The van der Waals surface area contributed by atoms with Crippen LogP contribution in [0.2, 0.25) is 0 Å². The van der Waals surface area contributed by atoms with Gasteiger partial charge < -0.3 is 10.1 Å². The van der Waals surface area contributed by atoms with E-state index in [-0.39, 0.29) is 0 Å². The fourth-order valence-corrected chi connectivity index (χ4v) is 4.52. The summed E-state index contributed by atoms with van der Waals surface area (Å²) in [6.07, 6.45) is 3.87. The van der Waals surface area contributed by atoms with E-state index in [0.29, 0.717) is 42.7 Å². The number of carbonyl (C=O) groups excluding carboxylic acids is 1. The average molecular weight is 394 g/mol. The molecule has 6 nitrogen and oxygen atoms in total. The lowest BCUT2D eigenvalue weighted by Crippen LogP contribution is -2.52. The van der Waals surface area contributed by atoms with Crippen molar-refractivity contribution in [1.82, 2.24) is 15.5 Å². The van der Waals surface area contributed by atoms with E-state index in [2.05, 4.69) is 20.8 Å². The monoisotopic (exact) mass is 394 g/mol. The van der Waals surface area contributed by atoms with Crippen molar-refractivity contribution in [2.45, 2.75) is 43.6 Å². The summed E-state index contributed by atoms with van der Waals surface area (Å²) in [7, 11) is 0. The summed E-state index contributed by atoms with van der Waals surface area (Å²) in [5.41, 5.74) is -0.499. The van der Waals surface area contributed by atoms with Crippen LogP contribution in [0.3, 0.4) is 0 Å². The maximum atomic E-state index is 14.2. The van der Waals surface area contributed by atoms with Crippen molar-refractivity contribution in [3.05, 3.63) is 40.4 Å². The highest BCUT2D eigenvalue weighted by Gasteiger charge is 2.42. The van der Waals surface area contributed by atoms with Crippen LogP contribution in [0, 0.1) is 11.6 Å². The summed E-state index contributed by atoms with van der Waals surface area (Å²) < 4.78 is 32.8. The first-order valence-corrected chi connectivity index (χ1v) is 9.83. The van der Waals surface area contributed by atoms with Crippen molar-refractivity contribution in [1.29, 1.82) is 0 Å². The Morgan fingerprint density at radius 2 is 2.00 bits per heavy atom. The molecule has 1 aromatic carbocycles. The number of hydrogen-bond donors (Lipinski definition) is 2. The first kappa shape index (κ1) is 18.2. The summed E-state index contributed by atoms with van der Waals surface area (Å²) in [4.78, 5) is 12.5. The Morgan fingerprint density at radius 3 is 2.67 bits per heavy atom. The molecule has 144 valence electrons. The number of halogens is 2. The van der Waals surface area contributed by atoms with Gasteiger partial charge in [-0.2, -0.15) is 0 Å². The van der Waals surface area contributed by atoms with Crippen LogP contribution in [0.5, 0.6) is 0 Å². The molecule has 4 rings (SSSR count). The Labute approximate surface area is 159 Å². The molecule has 1 saturated heterocycles. The highest BCUT2D eigenvalue weighted by atomic mass is 32.1. The molecule has 27 heavy (non-hydrogen) atoms. The van der Waals surface area contributed by atoms with Crippen LogP contribution in [0.25, 0.3) is 0 Å². The number of ether oxygens (including phenoxy) is 1. The number of hydrogen-bond acceptors (Lipinski definition) is 5. The minimum atomic E-state index is -0.809. The van der Waals surface area contributed by atoms with Crippen molar-refractivity contribution in [2.24, 2.45) is 0 Å². The number of urea groups is 1. The van der Waals surface area contributed by atoms with E-state index in [1.165, 1.54) is 23.5 Å². The average Bonchev–Trinajstić information content (AvgIpc) is 3.08. The van der Waals surface area contributed by atoms with Gasteiger partial charge in [0.1, 0.15) is 16.6 Å². The van der Waals surface area contributed by atoms with Gasteiger partial charge in [0.05, 0.1) is 5.54 Å². The molecule has 0 unspecified atom stereocenters. The van der Waals surface area contributed by atoms with Crippen LogP contribution in [-0.2, 0) is 10.3 Å². The molecule has 2 fully saturated rings. The molecule has 2 N–H and O–H groups in total. The van der Waals surface area contributed by atoms with Crippen molar-refractivity contribution in [2.75, 3.05) is 18.5 Å². The zero-order valence-electron chi connectivity index (χ0n) is 14.6. The molecule has 0 atom stereocenters. The molecule has 2 amide bonds. The number of aromatic nitrogens is 2. The molecule has 2 aliphatic rings. The molecular formula is C18H20F2N4O2S. The first-order valence-electron chi connectivity index (χ1n) is 9.02. The molecule has 2 aromatic rings. The smallest absolute Gasteiger partial charge is 0.321 e. The topological polar surface area (TPSA) is 76.1 Å². The van der Waals surface area contributed by atoms with Crippen molar-refractivity contribution < 1.29 is 18.3 Å². The number of amides is 2. The lowest BCUT2D eigenvalue weighted by molar-refractivity contribution is 0.0851. The van der Waals surface area contributed by atoms with Gasteiger partial charge in [-0.25, -0.2) is 13.6 Å². The van der Waals surface area contributed by atoms with E-state index in [4.69, 9.17) is 4.74 Å². The van der Waals surface area contributed by atoms with E-state index in [1.807, 2.05) is 0 Å². The fraction of sp³-hybridized carbons (Fsp3) is 0.500. The number of nitrogens with zero attached hydrogens (tertiary/aromatic N) is 2. The van der Waals surface area contributed by atoms with Gasteiger partial charge in [0.25, 0.3) is 0 Å². The molecule has 0 spiro atoms. The second kappa shape index (κ2) is 7.47. The van der Waals surface area contributed by atoms with Gasteiger partial charge in [0.2, 0.25) is 5.13 Å². The van der Waals surface area contributed by atoms with Crippen LogP contribution < -0.4 is 10.6 Å². The predicted octanol–water partition coefficient (Wildman–Crippen LogP) is 3.91. The number of rotatable bonds is 4. The van der Waals surface area contributed by atoms with E-state index in [9.17, 15) is 13.6 Å². The van der Waals surface area contributed by atoms with Crippen LogP contribution in [0.15, 0.2) is 18.2 Å². The zero-order chi connectivity index (χ0) is 18.9. The summed E-state index contributed by atoms with van der Waals surface area (Å²) in [5, 5.41) is 15.0. The largest absolute Gasteiger partial charge is 0.381 e. The van der Waals surface area contributed by atoms with Crippen LogP contribution in [-0.4, -0.2) is 29.4 Å². The maximum Gasteiger partial charge on any atom is 0.321 e. The van der Waals surface area contributed by atoms with Gasteiger partial charge in [-0.05, 0) is 38.2 Å². The van der Waals surface area contributed by atoms with Crippen LogP contribution in [0.1, 0.15) is 48.6 Å². The third kappa shape index (κ3) is 3.79. The minimum absolute atomic E-state index is 0.307. The third-order valence-corrected chi connectivity index (χ3v) is 6.24. The van der Waals surface area contributed by atoms with Gasteiger partial charge in [-0.1, -0.05) is 17.4 Å². The standard InChI is InChI=1S/C18H20F2N4O2S/c19-12-2-3-13(14(20)10-12)18(6-1-7-18)22-16(25)21-17-24-23-15(27-17)11-4-8-26-9-5-11/h2-3,10-11H,1,4-9H2,(H2,21,22,24,25). The third-order valence-electron chi connectivity index (χ3n) is 5.24. The van der Waals surface area contributed by atoms with Crippen molar-refractivity contribution in [3.8, 4) is 0 Å². The predicted molar refractivity (Wildman–Crippen MR) is 96.7 cm³/mol. The van der Waals surface area contributed by atoms with E-state index in [0.717, 1.165) is 30.3 Å². The molecule has 0 bridgehead atoms. The Bertz CT molecular complexity index is 835. The van der Waals surface area contributed by atoms with Gasteiger partial charge in [0, 0.05) is 30.8 Å². The Balaban J connectivity index is 1.43. The molecule has 0 radical (unpaired) electrons. The molecule has 1 aliphatic heterocycles. The van der Waals surface area contributed by atoms with E-state index < -0.39 is 23.2 Å². The Kier molecular flexibility index (Phi) is 5.05. The number of benzene rings is 1. The van der Waals surface area contributed by atoms with Crippen LogP contribution >= 0.6 is 11.3 Å². The Morgan fingerprint density at radius 1 is 1.22 bits per heavy atom. The zero-order valence-corrected chi connectivity index (χ0v) is 15.5. The summed E-state index contributed by atoms with van der Waals surface area (Å²) in [5.74, 6) is -0.974. The molecule has 1 saturated carbocycles. The first-order chi connectivity index (χ1) is 13.1. The number of carbonyl (C=O) groups is 1. The van der Waals surface area contributed by atoms with Gasteiger partial charge in [-0.3, -0.25) is 5.32 Å². The summed E-state index contributed by atoms with van der Waals surface area (Å²) >= 11 is 1.35. The Hall–Kier alpha value is -2.13. The molecule has 1 aliphatic carbocycles. The SMILES string of the molecule is O=C(Nc1nnc(C2CCOCC2)s1)NC1(c2ccc(F)cc2F)CCC1. The quantitative estimate of drug-likeness (QED) is 0.824. The van der Waals surface area contributed by atoms with E-state index >= 15 is 0 Å². The lowest BCUT2D eigenvalue weighted by atomic mass is 9.71. The minimum Gasteiger partial charge on any atom is -0.381 e. The van der Waals surface area contributed by atoms with Crippen LogP contribution in [0.4, 0.5) is 18.7 Å². The van der Waals surface area contributed by atoms with Gasteiger partial charge in [0.15, 0.2) is 0 Å². The second-order valence-electron chi connectivity index (χ2n) is 6.97. The maximum absolute atomic E-state index is 14.2. The summed E-state index contributed by atoms with van der Waals surface area (Å²) in [6.45, 7) is 1.42. The van der Waals surface area contributed by atoms with Crippen molar-refractivity contribution in [3.63, 3.8) is 0 Å². The lowest BCUT2D eigenvalue weighted by Gasteiger charge is -2.43. The highest BCUT2D eigenvalue weighted by molar-refractivity contribution is 7.15. The highest BCUT2D eigenvalue weighted by Crippen LogP contribution is 2.42. The molecule has 2 heterocycles. The molecule has 1 aromatic heterocycles. The van der Waals surface area contributed by atoms with Crippen molar-refractivity contribution >= 4 is 22.5 Å². The van der Waals surface area contributed by atoms with E-state index in [1.54, 1.807) is 0 Å². The molecule has 9 heteroatoms. The normalized spacial score (nSPS) is 19.3. The molecular weight excluding hydrogens is 374 g/mol. The number of nitrogens with one attached hydrogen (secondary N) is 2. The number of anilines is 1. The van der Waals surface area contributed by atoms with Gasteiger partial charge >= 0.3 is 6.03 Å².